The maximum Gasteiger partial charge on any atom is 0.226 e. The first-order valence-electron chi connectivity index (χ1n) is 6.42. The van der Waals surface area contributed by atoms with Gasteiger partial charge in [0.2, 0.25) is 11.8 Å². The number of hydrogen-bond donors (Lipinski definition) is 0. The summed E-state index contributed by atoms with van der Waals surface area (Å²) in [6.45, 7) is 10.9. The molecule has 2 saturated heterocycles. The zero-order valence-electron chi connectivity index (χ0n) is 11.1. The fourth-order valence-corrected chi connectivity index (χ4v) is 2.11. The topological polar surface area (TPSA) is 40.6 Å². The lowest BCUT2D eigenvalue weighted by Crippen LogP contribution is -2.29. The normalized spacial score (nSPS) is 23.5. The van der Waals surface area contributed by atoms with Crippen LogP contribution < -0.4 is 0 Å². The molecule has 2 rings (SSSR count). The third-order valence-electron chi connectivity index (χ3n) is 3.15. The second-order valence-electron chi connectivity index (χ2n) is 4.76. The first-order chi connectivity index (χ1) is 8.58. The van der Waals surface area contributed by atoms with Crippen LogP contribution in [0.4, 0.5) is 0 Å². The van der Waals surface area contributed by atoms with Crippen molar-refractivity contribution >= 4 is 11.8 Å². The molecule has 2 amide bonds. The van der Waals surface area contributed by atoms with E-state index >= 15 is 0 Å². The van der Waals surface area contributed by atoms with Crippen LogP contribution in [0.1, 0.15) is 32.6 Å². The van der Waals surface area contributed by atoms with Gasteiger partial charge in [-0.25, -0.2) is 0 Å². The maximum absolute atomic E-state index is 10.9. The predicted molar refractivity (Wildman–Crippen MR) is 71.5 cm³/mol. The number of nitrogens with zero attached hydrogens (tertiary/aromatic N) is 2. The highest BCUT2D eigenvalue weighted by Crippen LogP contribution is 2.15. The van der Waals surface area contributed by atoms with Gasteiger partial charge in [0.1, 0.15) is 0 Å². The van der Waals surface area contributed by atoms with E-state index in [1.807, 2.05) is 0 Å². The molecule has 0 aromatic carbocycles. The number of carbonyl (C=O) groups excluding carboxylic acids is 2. The van der Waals surface area contributed by atoms with Gasteiger partial charge >= 0.3 is 0 Å². The predicted octanol–water partition coefficient (Wildman–Crippen LogP) is 2.14. The van der Waals surface area contributed by atoms with Gasteiger partial charge in [0, 0.05) is 25.9 Å². The number of hydrogen-bond acceptors (Lipinski definition) is 2. The van der Waals surface area contributed by atoms with Crippen LogP contribution in [0.25, 0.3) is 0 Å². The molecule has 100 valence electrons. The average Bonchev–Trinajstić information content (AvgIpc) is 2.69. The second kappa shape index (κ2) is 6.99. The molecule has 4 nitrogen and oxygen atoms in total. The second-order valence-corrected chi connectivity index (χ2v) is 4.76. The highest BCUT2D eigenvalue weighted by molar-refractivity contribution is 5.79. The van der Waals surface area contributed by atoms with Gasteiger partial charge in [-0.1, -0.05) is 20.1 Å². The van der Waals surface area contributed by atoms with E-state index in [9.17, 15) is 9.59 Å². The molecule has 18 heavy (non-hydrogen) atoms. The van der Waals surface area contributed by atoms with Crippen molar-refractivity contribution in [1.82, 2.24) is 9.80 Å². The molecular formula is C14H22N2O2. The SMILES string of the molecule is C=CN1CC(C)CC1=O.C=CN1CCCCC1=O. The van der Waals surface area contributed by atoms with Crippen molar-refractivity contribution in [3.05, 3.63) is 25.6 Å². The Labute approximate surface area is 109 Å². The van der Waals surface area contributed by atoms with Crippen molar-refractivity contribution in [3.8, 4) is 0 Å². The van der Waals surface area contributed by atoms with Crippen LogP contribution >= 0.6 is 0 Å². The summed E-state index contributed by atoms with van der Waals surface area (Å²) in [5, 5.41) is 0. The van der Waals surface area contributed by atoms with E-state index in [-0.39, 0.29) is 11.8 Å². The van der Waals surface area contributed by atoms with Crippen molar-refractivity contribution in [3.63, 3.8) is 0 Å². The fraction of sp³-hybridized carbons (Fsp3) is 0.571. The van der Waals surface area contributed by atoms with Crippen LogP contribution in [0, 0.1) is 5.92 Å². The minimum Gasteiger partial charge on any atom is -0.320 e. The molecule has 0 radical (unpaired) electrons. The van der Waals surface area contributed by atoms with E-state index < -0.39 is 0 Å². The van der Waals surface area contributed by atoms with Crippen LogP contribution in [0.5, 0.6) is 0 Å². The van der Waals surface area contributed by atoms with Gasteiger partial charge in [-0.15, -0.1) is 0 Å². The molecule has 4 heteroatoms. The molecule has 2 aliphatic heterocycles. The monoisotopic (exact) mass is 250 g/mol. The van der Waals surface area contributed by atoms with Crippen LogP contribution in [-0.2, 0) is 9.59 Å². The van der Waals surface area contributed by atoms with E-state index in [0.717, 1.165) is 25.9 Å². The zero-order valence-corrected chi connectivity index (χ0v) is 11.1. The number of amides is 2. The van der Waals surface area contributed by atoms with Gasteiger partial charge in [-0.3, -0.25) is 9.59 Å². The Hall–Kier alpha value is -1.58. The molecule has 0 N–H and O–H groups in total. The molecule has 2 aliphatic rings. The van der Waals surface area contributed by atoms with Gasteiger partial charge in [0.05, 0.1) is 0 Å². The first kappa shape index (κ1) is 14.5. The van der Waals surface area contributed by atoms with Crippen molar-refractivity contribution in [1.29, 1.82) is 0 Å². The van der Waals surface area contributed by atoms with Crippen LogP contribution in [0.2, 0.25) is 0 Å². The Morgan fingerprint density at radius 1 is 1.11 bits per heavy atom. The molecule has 0 aromatic heterocycles. The summed E-state index contributed by atoms with van der Waals surface area (Å²) in [4.78, 5) is 25.1. The van der Waals surface area contributed by atoms with Gasteiger partial charge < -0.3 is 9.80 Å². The molecule has 1 atom stereocenters. The minimum atomic E-state index is 0.206. The van der Waals surface area contributed by atoms with E-state index in [0.29, 0.717) is 18.8 Å². The van der Waals surface area contributed by atoms with Crippen LogP contribution in [-0.4, -0.2) is 34.7 Å². The summed E-state index contributed by atoms with van der Waals surface area (Å²) in [5.74, 6) is 0.934. The lowest BCUT2D eigenvalue weighted by molar-refractivity contribution is -0.130. The minimum absolute atomic E-state index is 0.206. The van der Waals surface area contributed by atoms with Crippen molar-refractivity contribution in [2.45, 2.75) is 32.6 Å². The lowest BCUT2D eigenvalue weighted by Gasteiger charge is -2.21. The number of carbonyl (C=O) groups is 2. The van der Waals surface area contributed by atoms with Crippen molar-refractivity contribution in [2.75, 3.05) is 13.1 Å². The molecule has 0 aliphatic carbocycles. The number of likely N-dealkylation sites (tertiary alicyclic amines) is 2. The molecule has 2 heterocycles. The van der Waals surface area contributed by atoms with E-state index in [1.165, 1.54) is 0 Å². The Morgan fingerprint density at radius 3 is 2.11 bits per heavy atom. The Balaban J connectivity index is 0.000000180. The third-order valence-corrected chi connectivity index (χ3v) is 3.15. The van der Waals surface area contributed by atoms with Crippen LogP contribution in [0.15, 0.2) is 25.6 Å². The van der Waals surface area contributed by atoms with E-state index in [4.69, 9.17) is 0 Å². The average molecular weight is 250 g/mol. The Morgan fingerprint density at radius 2 is 1.78 bits per heavy atom. The molecule has 0 bridgehead atoms. The number of rotatable bonds is 2. The lowest BCUT2D eigenvalue weighted by atomic mass is 10.1. The van der Waals surface area contributed by atoms with Crippen molar-refractivity contribution in [2.24, 2.45) is 5.92 Å². The summed E-state index contributed by atoms with van der Waals surface area (Å²) in [6, 6.07) is 0. The first-order valence-corrected chi connectivity index (χ1v) is 6.42. The quantitative estimate of drug-likeness (QED) is 0.753. The van der Waals surface area contributed by atoms with Gasteiger partial charge in [-0.2, -0.15) is 0 Å². The summed E-state index contributed by atoms with van der Waals surface area (Å²) in [5.41, 5.74) is 0. The van der Waals surface area contributed by atoms with Crippen LogP contribution in [0.3, 0.4) is 0 Å². The smallest absolute Gasteiger partial charge is 0.226 e. The van der Waals surface area contributed by atoms with Gasteiger partial charge in [0.15, 0.2) is 0 Å². The van der Waals surface area contributed by atoms with E-state index in [1.54, 1.807) is 22.2 Å². The summed E-state index contributed by atoms with van der Waals surface area (Å²) < 4.78 is 0. The summed E-state index contributed by atoms with van der Waals surface area (Å²) in [6.07, 6.45) is 6.77. The summed E-state index contributed by atoms with van der Waals surface area (Å²) in [7, 11) is 0. The standard InChI is InChI=1S/2C7H11NO/c1-3-8-5-6(2)4-7(8)9;1-2-8-6-4-3-5-7(8)9/h3,6H,1,4-5H2,2H3;2H,1,3-6H2. The molecule has 2 fully saturated rings. The highest BCUT2D eigenvalue weighted by Gasteiger charge is 2.23. The molecular weight excluding hydrogens is 228 g/mol. The largest absolute Gasteiger partial charge is 0.320 e. The zero-order chi connectivity index (χ0) is 13.5. The molecule has 1 unspecified atom stereocenters. The summed E-state index contributed by atoms with van der Waals surface area (Å²) >= 11 is 0. The number of piperidine rings is 1. The van der Waals surface area contributed by atoms with Gasteiger partial charge in [0.25, 0.3) is 0 Å². The Kier molecular flexibility index (Phi) is 5.62. The fourth-order valence-electron chi connectivity index (χ4n) is 2.11. The molecule has 0 saturated carbocycles. The van der Waals surface area contributed by atoms with Crippen molar-refractivity contribution < 1.29 is 9.59 Å². The highest BCUT2D eigenvalue weighted by atomic mass is 16.2. The molecule has 0 aromatic rings. The third kappa shape index (κ3) is 4.02. The molecule has 0 spiro atoms. The Bertz CT molecular complexity index is 325. The maximum atomic E-state index is 10.9. The van der Waals surface area contributed by atoms with Gasteiger partial charge in [-0.05, 0) is 31.2 Å². The van der Waals surface area contributed by atoms with E-state index in [2.05, 4.69) is 20.1 Å².